The molecule has 2 heterocycles. The molecule has 7 nitrogen and oxygen atoms in total. The molecule has 0 spiro atoms. The van der Waals surface area contributed by atoms with Gasteiger partial charge in [-0.2, -0.15) is 4.73 Å². The Morgan fingerprint density at radius 3 is 2.92 bits per heavy atom. The second kappa shape index (κ2) is 2.56. The largest absolute Gasteiger partial charge is 0.425 e. The van der Waals surface area contributed by atoms with Crippen molar-refractivity contribution in [1.82, 2.24) is 19.7 Å². The molecule has 0 atom stereocenters. The zero-order valence-electron chi connectivity index (χ0n) is 6.92. The van der Waals surface area contributed by atoms with E-state index in [1.54, 1.807) is 7.05 Å². The molecule has 0 amide bonds. The van der Waals surface area contributed by atoms with Gasteiger partial charge in [0.15, 0.2) is 11.5 Å². The van der Waals surface area contributed by atoms with E-state index in [4.69, 9.17) is 5.84 Å². The summed E-state index contributed by atoms with van der Waals surface area (Å²) in [4.78, 5) is 11.7. The SMILES string of the molecule is CN(N)c1ncn(O)c2ncnc1-2. The number of fused-ring (bicyclic) bond motifs is 1. The summed E-state index contributed by atoms with van der Waals surface area (Å²) >= 11 is 0. The molecular weight excluding hydrogens is 172 g/mol. The minimum atomic E-state index is 0.335. The fourth-order valence-corrected chi connectivity index (χ4v) is 1.07. The van der Waals surface area contributed by atoms with Crippen LogP contribution in [0.15, 0.2) is 12.7 Å². The van der Waals surface area contributed by atoms with E-state index in [9.17, 15) is 5.21 Å². The number of nitrogens with zero attached hydrogens (tertiary/aromatic N) is 5. The first kappa shape index (κ1) is 7.74. The van der Waals surface area contributed by atoms with Gasteiger partial charge >= 0.3 is 0 Å². The van der Waals surface area contributed by atoms with E-state index in [2.05, 4.69) is 15.0 Å². The van der Waals surface area contributed by atoms with E-state index in [0.717, 1.165) is 4.73 Å². The maximum Gasteiger partial charge on any atom is 0.201 e. The molecule has 0 aliphatic carbocycles. The molecule has 0 aromatic carbocycles. The average molecular weight is 180 g/mol. The fourth-order valence-electron chi connectivity index (χ4n) is 1.07. The first-order valence-electron chi connectivity index (χ1n) is 3.56. The van der Waals surface area contributed by atoms with Crippen LogP contribution in [0.25, 0.3) is 11.5 Å². The molecule has 0 bridgehead atoms. The van der Waals surface area contributed by atoms with Gasteiger partial charge in [0, 0.05) is 7.05 Å². The highest BCUT2D eigenvalue weighted by molar-refractivity contribution is 5.66. The molecule has 0 radical (unpaired) electrons. The molecule has 7 heteroatoms. The van der Waals surface area contributed by atoms with Gasteiger partial charge in [0.2, 0.25) is 5.82 Å². The van der Waals surface area contributed by atoms with Gasteiger partial charge < -0.3 is 5.21 Å². The summed E-state index contributed by atoms with van der Waals surface area (Å²) in [7, 11) is 1.64. The highest BCUT2D eigenvalue weighted by Gasteiger charge is 2.17. The normalized spacial score (nSPS) is 10.6. The molecule has 2 rings (SSSR count). The lowest BCUT2D eigenvalue weighted by atomic mass is 10.4. The topological polar surface area (TPSA) is 93.1 Å². The van der Waals surface area contributed by atoms with Gasteiger partial charge in [-0.15, -0.1) is 0 Å². The third-order valence-electron chi connectivity index (χ3n) is 1.63. The second-order valence-electron chi connectivity index (χ2n) is 2.57. The van der Waals surface area contributed by atoms with Gasteiger partial charge in [-0.3, -0.25) is 5.01 Å². The van der Waals surface area contributed by atoms with E-state index < -0.39 is 0 Å². The third-order valence-corrected chi connectivity index (χ3v) is 1.63. The van der Waals surface area contributed by atoms with Crippen LogP contribution >= 0.6 is 0 Å². The molecule has 13 heavy (non-hydrogen) atoms. The molecule has 3 N–H and O–H groups in total. The van der Waals surface area contributed by atoms with Crippen molar-refractivity contribution in [3.05, 3.63) is 12.7 Å². The monoisotopic (exact) mass is 180 g/mol. The molecular formula is C6H8N6O. The quantitative estimate of drug-likeness (QED) is 0.343. The van der Waals surface area contributed by atoms with Crippen molar-refractivity contribution < 1.29 is 5.21 Å². The van der Waals surface area contributed by atoms with Crippen molar-refractivity contribution in [2.45, 2.75) is 0 Å². The Balaban J connectivity index is 2.68. The number of hydrogen-bond donors (Lipinski definition) is 2. The molecule has 0 saturated heterocycles. The van der Waals surface area contributed by atoms with Crippen LogP contribution in [0.5, 0.6) is 0 Å². The lowest BCUT2D eigenvalue weighted by molar-refractivity contribution is 0.183. The minimum absolute atomic E-state index is 0.335. The van der Waals surface area contributed by atoms with Gasteiger partial charge in [0.1, 0.15) is 12.7 Å². The first-order chi connectivity index (χ1) is 6.20. The van der Waals surface area contributed by atoms with Crippen LogP contribution in [0.1, 0.15) is 0 Å². The number of nitrogens with two attached hydrogens (primary N) is 1. The summed E-state index contributed by atoms with van der Waals surface area (Å²) in [6.45, 7) is 0. The Morgan fingerprint density at radius 1 is 1.46 bits per heavy atom. The third kappa shape index (κ3) is 1.05. The molecule has 0 saturated carbocycles. The highest BCUT2D eigenvalue weighted by atomic mass is 16.5. The second-order valence-corrected chi connectivity index (χ2v) is 2.57. The van der Waals surface area contributed by atoms with E-state index >= 15 is 0 Å². The molecule has 0 unspecified atom stereocenters. The summed E-state index contributed by atoms with van der Waals surface area (Å²) in [5.74, 6) is 6.31. The zero-order valence-corrected chi connectivity index (χ0v) is 6.92. The predicted molar refractivity (Wildman–Crippen MR) is 44.2 cm³/mol. The van der Waals surface area contributed by atoms with Crippen molar-refractivity contribution in [3.8, 4) is 11.5 Å². The van der Waals surface area contributed by atoms with Gasteiger partial charge in [-0.1, -0.05) is 0 Å². The molecule has 0 aromatic rings. The first-order valence-corrected chi connectivity index (χ1v) is 3.56. The summed E-state index contributed by atoms with van der Waals surface area (Å²) in [6, 6.07) is 0. The molecule has 0 aromatic heterocycles. The van der Waals surface area contributed by atoms with Crippen LogP contribution in [-0.2, 0) is 0 Å². The maximum absolute atomic E-state index is 9.26. The predicted octanol–water partition coefficient (Wildman–Crippen LogP) is -0.675. The maximum atomic E-state index is 9.26. The van der Waals surface area contributed by atoms with Crippen molar-refractivity contribution in [3.63, 3.8) is 0 Å². The van der Waals surface area contributed by atoms with Crippen LogP contribution in [-0.4, -0.2) is 31.9 Å². The van der Waals surface area contributed by atoms with Crippen LogP contribution < -0.4 is 10.9 Å². The van der Waals surface area contributed by atoms with Crippen molar-refractivity contribution >= 4 is 5.82 Å². The van der Waals surface area contributed by atoms with E-state index in [0.29, 0.717) is 17.3 Å². The molecule has 2 aliphatic heterocycles. The van der Waals surface area contributed by atoms with Crippen molar-refractivity contribution in [1.29, 1.82) is 0 Å². The van der Waals surface area contributed by atoms with Crippen LogP contribution in [0, 0.1) is 0 Å². The summed E-state index contributed by atoms with van der Waals surface area (Å²) in [5, 5.41) is 10.6. The van der Waals surface area contributed by atoms with Gasteiger partial charge in [-0.05, 0) is 0 Å². The molecule has 68 valence electrons. The Morgan fingerprint density at radius 2 is 2.23 bits per heavy atom. The number of aromatic nitrogens is 4. The van der Waals surface area contributed by atoms with E-state index in [1.165, 1.54) is 17.7 Å². The Kier molecular flexibility index (Phi) is 1.52. The summed E-state index contributed by atoms with van der Waals surface area (Å²) < 4.78 is 0.801. The summed E-state index contributed by atoms with van der Waals surface area (Å²) in [6.07, 6.45) is 2.56. The Labute approximate surface area is 73.7 Å². The Bertz CT molecular complexity index is 396. The summed E-state index contributed by atoms with van der Waals surface area (Å²) in [5.41, 5.74) is 0.468. The van der Waals surface area contributed by atoms with E-state index in [-0.39, 0.29) is 0 Å². The minimum Gasteiger partial charge on any atom is -0.425 e. The lowest BCUT2D eigenvalue weighted by Gasteiger charge is -2.13. The highest BCUT2D eigenvalue weighted by Crippen LogP contribution is 2.23. The lowest BCUT2D eigenvalue weighted by Crippen LogP contribution is -2.27. The standard InChI is InChI=1S/C6H8N6O/c1-11(7)5-4-6(9-2-8-4)12(13)3-10-5/h2-3,13H,7H2,1H3. The fraction of sp³-hybridized carbons (Fsp3) is 0.167. The smallest absolute Gasteiger partial charge is 0.201 e. The van der Waals surface area contributed by atoms with Crippen LogP contribution in [0.3, 0.4) is 0 Å². The number of rotatable bonds is 1. The van der Waals surface area contributed by atoms with Crippen LogP contribution in [0.2, 0.25) is 0 Å². The Hall–Kier alpha value is -1.89. The van der Waals surface area contributed by atoms with Gasteiger partial charge in [0.25, 0.3) is 0 Å². The van der Waals surface area contributed by atoms with Gasteiger partial charge in [0.05, 0.1) is 0 Å². The number of hydrogen-bond acceptors (Lipinski definition) is 6. The average Bonchev–Trinajstić information content (AvgIpc) is 2.53. The van der Waals surface area contributed by atoms with Gasteiger partial charge in [-0.25, -0.2) is 20.8 Å². The van der Waals surface area contributed by atoms with E-state index in [1.807, 2.05) is 0 Å². The van der Waals surface area contributed by atoms with Crippen molar-refractivity contribution in [2.24, 2.45) is 5.84 Å². The number of anilines is 1. The number of imidazole rings is 1. The van der Waals surface area contributed by atoms with Crippen molar-refractivity contribution in [2.75, 3.05) is 12.1 Å². The molecule has 2 aliphatic rings. The molecule has 0 fully saturated rings. The zero-order chi connectivity index (χ0) is 9.42. The van der Waals surface area contributed by atoms with Crippen LogP contribution in [0.4, 0.5) is 5.82 Å². The number of hydrazine groups is 1.